The molecule has 10 heteroatoms. The molecule has 10 nitrogen and oxygen atoms in total. The lowest BCUT2D eigenvalue weighted by atomic mass is 9.86. The number of aliphatic imine (C=N–C) groups is 1. The molecule has 3 aromatic rings. The molecule has 3 saturated heterocycles. The lowest BCUT2D eigenvalue weighted by Gasteiger charge is -2.57. The van der Waals surface area contributed by atoms with Crippen LogP contribution in [0.15, 0.2) is 66.4 Å². The number of nitrogens with zero attached hydrogens (tertiary/aromatic N) is 7. The molecule has 0 saturated carbocycles. The van der Waals surface area contributed by atoms with E-state index in [1.165, 1.54) is 18.2 Å². The van der Waals surface area contributed by atoms with Gasteiger partial charge < -0.3 is 24.4 Å². The zero-order valence-corrected chi connectivity index (χ0v) is 27.1. The van der Waals surface area contributed by atoms with Crippen molar-refractivity contribution in [2.75, 3.05) is 54.0 Å². The Morgan fingerprint density at radius 1 is 1.18 bits per heavy atom. The molecule has 2 bridgehead atoms. The highest BCUT2D eigenvalue weighted by molar-refractivity contribution is 5.97. The van der Waals surface area contributed by atoms with Gasteiger partial charge in [-0.2, -0.15) is 10.4 Å². The maximum absolute atomic E-state index is 10.1. The highest BCUT2D eigenvalue weighted by atomic mass is 16.5. The lowest BCUT2D eigenvalue weighted by molar-refractivity contribution is -0.0537. The second-order valence-electron chi connectivity index (χ2n) is 12.9. The van der Waals surface area contributed by atoms with Gasteiger partial charge in [-0.05, 0) is 76.2 Å². The van der Waals surface area contributed by atoms with Crippen LogP contribution in [0.25, 0.3) is 11.1 Å². The zero-order chi connectivity index (χ0) is 32.1. The Labute approximate surface area is 266 Å². The summed E-state index contributed by atoms with van der Waals surface area (Å²) in [6.07, 6.45) is 9.40. The number of piperidine rings is 1. The molecule has 2 aromatic heterocycles. The second kappa shape index (κ2) is 13.9. The van der Waals surface area contributed by atoms with Gasteiger partial charge in [0.2, 0.25) is 0 Å². The SMILES string of the molecule is C=C(/C=C\C(=N/C)N1CC2CC(C1)N2Cc1ccc(OCCCN(C)C)cc1)c1cc(OCC(C)(C)O)cn2ncc(C#N)c12. The number of aromatic nitrogens is 2. The van der Waals surface area contributed by atoms with Gasteiger partial charge in [0.1, 0.15) is 30.0 Å². The molecular formula is C35H45N7O3. The molecular weight excluding hydrogens is 566 g/mol. The molecule has 0 aliphatic carbocycles. The van der Waals surface area contributed by atoms with Crippen LogP contribution in [0.5, 0.6) is 11.5 Å². The number of fused-ring (bicyclic) bond motifs is 3. The van der Waals surface area contributed by atoms with Gasteiger partial charge in [0.15, 0.2) is 0 Å². The predicted octanol–water partition coefficient (Wildman–Crippen LogP) is 4.24. The normalized spacial score (nSPS) is 18.8. The van der Waals surface area contributed by atoms with E-state index >= 15 is 0 Å². The topological polar surface area (TPSA) is 102 Å². The molecule has 3 aliphatic rings. The van der Waals surface area contributed by atoms with Crippen LogP contribution >= 0.6 is 0 Å². The summed E-state index contributed by atoms with van der Waals surface area (Å²) >= 11 is 0. The van der Waals surface area contributed by atoms with Gasteiger partial charge in [-0.15, -0.1) is 0 Å². The summed E-state index contributed by atoms with van der Waals surface area (Å²) in [4.78, 5) is 11.7. The van der Waals surface area contributed by atoms with E-state index in [-0.39, 0.29) is 6.61 Å². The first kappa shape index (κ1) is 32.2. The molecule has 0 spiro atoms. The summed E-state index contributed by atoms with van der Waals surface area (Å²) in [6.45, 7) is 12.3. The van der Waals surface area contributed by atoms with Crippen molar-refractivity contribution >= 4 is 16.9 Å². The number of amidine groups is 1. The molecule has 2 atom stereocenters. The molecule has 2 unspecified atom stereocenters. The molecule has 1 aromatic carbocycles. The number of rotatable bonds is 13. The third-order valence-corrected chi connectivity index (χ3v) is 8.28. The van der Waals surface area contributed by atoms with Crippen molar-refractivity contribution in [3.63, 3.8) is 0 Å². The van der Waals surface area contributed by atoms with Crippen molar-refractivity contribution in [1.82, 2.24) is 24.3 Å². The molecule has 3 fully saturated rings. The van der Waals surface area contributed by atoms with Crippen LogP contribution < -0.4 is 9.47 Å². The summed E-state index contributed by atoms with van der Waals surface area (Å²) in [5, 5.41) is 24.2. The van der Waals surface area contributed by atoms with E-state index in [9.17, 15) is 10.4 Å². The van der Waals surface area contributed by atoms with Gasteiger partial charge >= 0.3 is 0 Å². The number of piperazine rings is 1. The summed E-state index contributed by atoms with van der Waals surface area (Å²) in [6, 6.07) is 13.6. The van der Waals surface area contributed by atoms with Crippen molar-refractivity contribution in [2.45, 2.75) is 50.9 Å². The lowest BCUT2D eigenvalue weighted by Crippen LogP contribution is -2.68. The number of allylic oxidation sites excluding steroid dienone is 2. The standard InChI is InChI=1S/C35H45N7O3/c1-25(32-17-31(45-24-35(2,3)43)23-42-34(32)27(18-36)19-38-42)8-13-33(37-4)40-21-28-16-29(22-40)41(28)20-26-9-11-30(12-10-26)44-15-7-14-39(5)6/h8-13,17,19,23,28-29,43H,1,7,14-16,20-22,24H2,2-6H3/b13-8-,37-33+. The number of pyridine rings is 1. The highest BCUT2D eigenvalue weighted by Crippen LogP contribution is 2.34. The average molecular weight is 612 g/mol. The quantitative estimate of drug-likeness (QED) is 0.133. The molecule has 0 amide bonds. The Hall–Kier alpha value is -4.17. The molecule has 1 N–H and O–H groups in total. The fraction of sp³-hybridized carbons (Fsp3) is 0.457. The molecule has 5 heterocycles. The van der Waals surface area contributed by atoms with E-state index in [2.05, 4.69) is 75.8 Å². The number of aliphatic hydroxyl groups is 1. The van der Waals surface area contributed by atoms with Crippen LogP contribution in [-0.2, 0) is 6.54 Å². The number of benzene rings is 1. The van der Waals surface area contributed by atoms with Gasteiger partial charge in [0.05, 0.1) is 35.7 Å². The van der Waals surface area contributed by atoms with Crippen molar-refractivity contribution in [3.05, 3.63) is 78.1 Å². The Balaban J connectivity index is 1.20. The van der Waals surface area contributed by atoms with Crippen molar-refractivity contribution < 1.29 is 14.6 Å². The molecule has 0 radical (unpaired) electrons. The Morgan fingerprint density at radius 3 is 2.56 bits per heavy atom. The third-order valence-electron chi connectivity index (χ3n) is 8.28. The fourth-order valence-electron chi connectivity index (χ4n) is 5.95. The Morgan fingerprint density at radius 2 is 1.91 bits per heavy atom. The van der Waals surface area contributed by atoms with Crippen LogP contribution in [0.1, 0.15) is 43.4 Å². The largest absolute Gasteiger partial charge is 0.494 e. The van der Waals surface area contributed by atoms with Crippen LogP contribution in [0.2, 0.25) is 0 Å². The number of ether oxygens (including phenoxy) is 2. The van der Waals surface area contributed by atoms with Crippen LogP contribution in [0.3, 0.4) is 0 Å². The van der Waals surface area contributed by atoms with E-state index in [1.807, 2.05) is 25.3 Å². The fourth-order valence-corrected chi connectivity index (χ4v) is 5.95. The molecule has 238 valence electrons. The van der Waals surface area contributed by atoms with Crippen LogP contribution in [0, 0.1) is 11.3 Å². The van der Waals surface area contributed by atoms with Gasteiger partial charge in [0, 0.05) is 50.9 Å². The highest BCUT2D eigenvalue weighted by Gasteiger charge is 2.44. The number of nitriles is 1. The number of hydrogen-bond acceptors (Lipinski definition) is 8. The predicted molar refractivity (Wildman–Crippen MR) is 178 cm³/mol. The third kappa shape index (κ3) is 7.92. The van der Waals surface area contributed by atoms with Gasteiger partial charge in [-0.25, -0.2) is 4.52 Å². The van der Waals surface area contributed by atoms with E-state index in [1.54, 1.807) is 24.6 Å². The van der Waals surface area contributed by atoms with Crippen LogP contribution in [-0.4, -0.2) is 107 Å². The smallest absolute Gasteiger partial charge is 0.138 e. The van der Waals surface area contributed by atoms with Crippen molar-refractivity contribution in [3.8, 4) is 17.6 Å². The monoisotopic (exact) mass is 611 g/mol. The van der Waals surface area contributed by atoms with Gasteiger partial charge in [-0.1, -0.05) is 24.8 Å². The Kier molecular flexibility index (Phi) is 9.93. The summed E-state index contributed by atoms with van der Waals surface area (Å²) in [5.41, 5.74) is 2.88. The van der Waals surface area contributed by atoms with Gasteiger partial charge in [-0.3, -0.25) is 9.89 Å². The van der Waals surface area contributed by atoms with E-state index in [0.29, 0.717) is 34.5 Å². The molecule has 3 aliphatic heterocycles. The maximum atomic E-state index is 10.1. The Bertz CT molecular complexity index is 1580. The summed E-state index contributed by atoms with van der Waals surface area (Å²) < 4.78 is 13.4. The molecule has 6 rings (SSSR count). The van der Waals surface area contributed by atoms with Crippen molar-refractivity contribution in [1.29, 1.82) is 5.26 Å². The second-order valence-corrected chi connectivity index (χ2v) is 12.9. The number of hydrogen-bond donors (Lipinski definition) is 1. The first-order valence-corrected chi connectivity index (χ1v) is 15.5. The zero-order valence-electron chi connectivity index (χ0n) is 27.1. The van der Waals surface area contributed by atoms with Gasteiger partial charge in [0.25, 0.3) is 0 Å². The van der Waals surface area contributed by atoms with E-state index in [0.717, 1.165) is 56.4 Å². The first-order chi connectivity index (χ1) is 21.5. The van der Waals surface area contributed by atoms with Crippen LogP contribution in [0.4, 0.5) is 0 Å². The minimum absolute atomic E-state index is 0.116. The van der Waals surface area contributed by atoms with E-state index in [4.69, 9.17) is 9.47 Å². The maximum Gasteiger partial charge on any atom is 0.138 e. The first-order valence-electron chi connectivity index (χ1n) is 15.5. The minimum atomic E-state index is -0.990. The average Bonchev–Trinajstić information content (AvgIpc) is 3.44. The molecule has 45 heavy (non-hydrogen) atoms. The summed E-state index contributed by atoms with van der Waals surface area (Å²) in [5.74, 6) is 2.36. The van der Waals surface area contributed by atoms with E-state index < -0.39 is 5.60 Å². The van der Waals surface area contributed by atoms with Crippen molar-refractivity contribution in [2.24, 2.45) is 4.99 Å². The minimum Gasteiger partial charge on any atom is -0.494 e. The summed E-state index contributed by atoms with van der Waals surface area (Å²) in [7, 11) is 5.97.